The van der Waals surface area contributed by atoms with E-state index in [0.29, 0.717) is 25.9 Å². The Labute approximate surface area is 118 Å². The van der Waals surface area contributed by atoms with E-state index in [1.54, 1.807) is 6.92 Å². The van der Waals surface area contributed by atoms with Crippen molar-refractivity contribution >= 4 is 17.9 Å². The van der Waals surface area contributed by atoms with Gasteiger partial charge in [-0.2, -0.15) is 0 Å². The van der Waals surface area contributed by atoms with Gasteiger partial charge in [0.15, 0.2) is 0 Å². The van der Waals surface area contributed by atoms with Crippen LogP contribution in [-0.2, 0) is 9.59 Å². The fourth-order valence-electron chi connectivity index (χ4n) is 2.42. The lowest BCUT2D eigenvalue weighted by atomic mass is 9.84. The third-order valence-corrected chi connectivity index (χ3v) is 4.02. The van der Waals surface area contributed by atoms with Gasteiger partial charge in [0.1, 0.15) is 6.54 Å². The van der Waals surface area contributed by atoms with Gasteiger partial charge in [-0.1, -0.05) is 6.92 Å². The van der Waals surface area contributed by atoms with Crippen LogP contribution in [0, 0.1) is 5.41 Å². The third-order valence-electron chi connectivity index (χ3n) is 4.02. The molecule has 0 aromatic rings. The van der Waals surface area contributed by atoms with Gasteiger partial charge in [-0.05, 0) is 19.8 Å². The van der Waals surface area contributed by atoms with Gasteiger partial charge in [-0.15, -0.1) is 0 Å². The Morgan fingerprint density at radius 2 is 2.00 bits per heavy atom. The van der Waals surface area contributed by atoms with Crippen molar-refractivity contribution in [3.63, 3.8) is 0 Å². The first-order valence-electron chi connectivity index (χ1n) is 6.88. The Hall–Kier alpha value is -1.79. The number of aliphatic carboxylic acids is 1. The van der Waals surface area contributed by atoms with E-state index in [4.69, 9.17) is 0 Å². The van der Waals surface area contributed by atoms with Crippen molar-refractivity contribution < 1.29 is 19.5 Å². The van der Waals surface area contributed by atoms with E-state index in [0.717, 1.165) is 0 Å². The molecule has 1 unspecified atom stereocenters. The average Bonchev–Trinajstić information content (AvgIpc) is 2.89. The van der Waals surface area contributed by atoms with Crippen molar-refractivity contribution in [2.24, 2.45) is 5.41 Å². The minimum Gasteiger partial charge on any atom is -0.481 e. The molecule has 1 aliphatic heterocycles. The van der Waals surface area contributed by atoms with Crippen molar-refractivity contribution in [2.45, 2.75) is 26.7 Å². The molecule has 0 saturated carbocycles. The smallest absolute Gasteiger partial charge is 0.320 e. The first kappa shape index (κ1) is 16.3. The number of likely N-dealkylation sites (tertiary alicyclic amines) is 1. The van der Waals surface area contributed by atoms with Crippen LogP contribution in [0.1, 0.15) is 26.7 Å². The second-order valence-electron chi connectivity index (χ2n) is 5.08. The summed E-state index contributed by atoms with van der Waals surface area (Å²) in [6, 6.07) is -0.271. The molecule has 2 N–H and O–H groups in total. The second-order valence-corrected chi connectivity index (χ2v) is 5.08. The largest absolute Gasteiger partial charge is 0.481 e. The molecule has 0 aromatic carbocycles. The minimum absolute atomic E-state index is 0.00543. The number of carboxylic acids is 1. The highest BCUT2D eigenvalue weighted by Crippen LogP contribution is 2.34. The van der Waals surface area contributed by atoms with E-state index in [2.05, 4.69) is 5.32 Å². The van der Waals surface area contributed by atoms with Crippen LogP contribution in [0.15, 0.2) is 0 Å². The number of nitrogens with zero attached hydrogens (tertiary/aromatic N) is 2. The molecule has 7 heteroatoms. The molecule has 0 aliphatic carbocycles. The molecule has 1 aliphatic rings. The standard InChI is InChI=1S/C13H23N3O4/c1-4-13(11(18)19)6-7-16(9-13)12(20)15(5-2)8-10(17)14-3/h4-9H2,1-3H3,(H,14,17)(H,18,19). The predicted molar refractivity (Wildman–Crippen MR) is 73.3 cm³/mol. The van der Waals surface area contributed by atoms with Gasteiger partial charge in [0, 0.05) is 26.7 Å². The number of carboxylic acid groups (broad SMARTS) is 1. The van der Waals surface area contributed by atoms with Gasteiger partial charge in [-0.3, -0.25) is 9.59 Å². The SMILES string of the molecule is CCN(CC(=O)NC)C(=O)N1CCC(CC)(C(=O)O)C1. The molecule has 1 heterocycles. The maximum atomic E-state index is 12.3. The summed E-state index contributed by atoms with van der Waals surface area (Å²) in [5.41, 5.74) is -0.845. The number of rotatable bonds is 5. The van der Waals surface area contributed by atoms with Gasteiger partial charge < -0.3 is 20.2 Å². The molecule has 1 atom stereocenters. The van der Waals surface area contributed by atoms with Crippen molar-refractivity contribution in [3.05, 3.63) is 0 Å². The van der Waals surface area contributed by atoms with Crippen LogP contribution in [0.4, 0.5) is 4.79 Å². The highest BCUT2D eigenvalue weighted by Gasteiger charge is 2.45. The summed E-state index contributed by atoms with van der Waals surface area (Å²) >= 11 is 0. The lowest BCUT2D eigenvalue weighted by Gasteiger charge is -2.28. The van der Waals surface area contributed by atoms with E-state index >= 15 is 0 Å². The maximum absolute atomic E-state index is 12.3. The van der Waals surface area contributed by atoms with Crippen LogP contribution in [-0.4, -0.2) is 66.0 Å². The van der Waals surface area contributed by atoms with Crippen molar-refractivity contribution in [1.82, 2.24) is 15.1 Å². The van der Waals surface area contributed by atoms with E-state index < -0.39 is 11.4 Å². The molecule has 0 bridgehead atoms. The highest BCUT2D eigenvalue weighted by molar-refractivity contribution is 5.85. The predicted octanol–water partition coefficient (Wildman–Crippen LogP) is 0.361. The minimum atomic E-state index is -0.857. The molecule has 7 nitrogen and oxygen atoms in total. The van der Waals surface area contributed by atoms with Crippen LogP contribution in [0.5, 0.6) is 0 Å². The summed E-state index contributed by atoms with van der Waals surface area (Å²) in [7, 11) is 1.52. The zero-order valence-electron chi connectivity index (χ0n) is 12.3. The summed E-state index contributed by atoms with van der Waals surface area (Å²) < 4.78 is 0. The summed E-state index contributed by atoms with van der Waals surface area (Å²) in [5, 5.41) is 11.8. The summed E-state index contributed by atoms with van der Waals surface area (Å²) in [4.78, 5) is 38.0. The fourth-order valence-corrected chi connectivity index (χ4v) is 2.42. The molecule has 0 spiro atoms. The molecule has 0 aromatic heterocycles. The summed E-state index contributed by atoms with van der Waals surface area (Å²) in [6.45, 7) is 4.65. The van der Waals surface area contributed by atoms with E-state index in [9.17, 15) is 19.5 Å². The topological polar surface area (TPSA) is 90.0 Å². The molecule has 114 valence electrons. The van der Waals surface area contributed by atoms with Crippen LogP contribution in [0.3, 0.4) is 0 Å². The molecule has 3 amide bonds. The van der Waals surface area contributed by atoms with Crippen molar-refractivity contribution in [1.29, 1.82) is 0 Å². The molecule has 1 fully saturated rings. The summed E-state index contributed by atoms with van der Waals surface area (Å²) in [5.74, 6) is -1.09. The van der Waals surface area contributed by atoms with Gasteiger partial charge in [0.2, 0.25) is 5.91 Å². The second kappa shape index (κ2) is 6.58. The van der Waals surface area contributed by atoms with E-state index in [-0.39, 0.29) is 25.0 Å². The van der Waals surface area contributed by atoms with E-state index in [1.165, 1.54) is 16.8 Å². The maximum Gasteiger partial charge on any atom is 0.320 e. The number of carbonyl (C=O) groups is 3. The Bertz CT molecular complexity index is 399. The number of likely N-dealkylation sites (N-methyl/N-ethyl adjacent to an activating group) is 2. The number of urea groups is 1. The molecule has 1 rings (SSSR count). The van der Waals surface area contributed by atoms with Gasteiger partial charge in [0.25, 0.3) is 0 Å². The number of carbonyl (C=O) groups excluding carboxylic acids is 2. The number of nitrogens with one attached hydrogen (secondary N) is 1. The van der Waals surface area contributed by atoms with Crippen LogP contribution >= 0.6 is 0 Å². The van der Waals surface area contributed by atoms with Crippen molar-refractivity contribution in [3.8, 4) is 0 Å². The molecular formula is C13H23N3O4. The van der Waals surface area contributed by atoms with Crippen LogP contribution in [0.25, 0.3) is 0 Å². The Morgan fingerprint density at radius 1 is 1.35 bits per heavy atom. The average molecular weight is 285 g/mol. The van der Waals surface area contributed by atoms with Gasteiger partial charge in [-0.25, -0.2) is 4.79 Å². The first-order chi connectivity index (χ1) is 9.40. The van der Waals surface area contributed by atoms with Crippen LogP contribution < -0.4 is 5.32 Å². The highest BCUT2D eigenvalue weighted by atomic mass is 16.4. The van der Waals surface area contributed by atoms with E-state index in [1.807, 2.05) is 6.92 Å². The fraction of sp³-hybridized carbons (Fsp3) is 0.769. The lowest BCUT2D eigenvalue weighted by Crippen LogP contribution is -2.47. The number of amides is 3. The number of hydrogen-bond donors (Lipinski definition) is 2. The monoisotopic (exact) mass is 285 g/mol. The van der Waals surface area contributed by atoms with Crippen LogP contribution in [0.2, 0.25) is 0 Å². The Kier molecular flexibility index (Phi) is 5.35. The number of hydrogen-bond acceptors (Lipinski definition) is 3. The first-order valence-corrected chi connectivity index (χ1v) is 6.88. The summed E-state index contributed by atoms with van der Waals surface area (Å²) in [6.07, 6.45) is 0.954. The quantitative estimate of drug-likeness (QED) is 0.763. The zero-order chi connectivity index (χ0) is 15.3. The van der Waals surface area contributed by atoms with Gasteiger partial charge >= 0.3 is 12.0 Å². The molecular weight excluding hydrogens is 262 g/mol. The lowest BCUT2D eigenvalue weighted by molar-refractivity contribution is -0.148. The van der Waals surface area contributed by atoms with Gasteiger partial charge in [0.05, 0.1) is 5.41 Å². The third kappa shape index (κ3) is 3.20. The Morgan fingerprint density at radius 3 is 2.40 bits per heavy atom. The normalized spacial score (nSPS) is 21.6. The molecule has 20 heavy (non-hydrogen) atoms. The zero-order valence-corrected chi connectivity index (χ0v) is 12.3. The van der Waals surface area contributed by atoms with Crippen molar-refractivity contribution in [2.75, 3.05) is 33.2 Å². The molecule has 1 saturated heterocycles. The molecule has 0 radical (unpaired) electrons. The Balaban J connectivity index is 2.73.